The number of carbonyl (C=O) groups is 1. The van der Waals surface area contributed by atoms with Crippen LogP contribution in [0.4, 0.5) is 18.3 Å². The van der Waals surface area contributed by atoms with E-state index in [-0.39, 0.29) is 16.6 Å². The summed E-state index contributed by atoms with van der Waals surface area (Å²) in [6, 6.07) is 2.71. The van der Waals surface area contributed by atoms with E-state index in [1.54, 1.807) is 5.51 Å². The van der Waals surface area contributed by atoms with E-state index >= 15 is 0 Å². The van der Waals surface area contributed by atoms with Gasteiger partial charge in [-0.05, 0) is 49.8 Å². The minimum Gasteiger partial charge on any atom is -0.360 e. The van der Waals surface area contributed by atoms with Crippen molar-refractivity contribution in [1.29, 1.82) is 0 Å². The van der Waals surface area contributed by atoms with Crippen LogP contribution in [0.15, 0.2) is 23.7 Å². The smallest absolute Gasteiger partial charge is 0.360 e. The molecule has 2 aromatic rings. The maximum atomic E-state index is 12.9. The molecule has 0 aliphatic heterocycles. The first kappa shape index (κ1) is 19.9. The van der Waals surface area contributed by atoms with Crippen molar-refractivity contribution in [2.24, 2.45) is 5.92 Å². The van der Waals surface area contributed by atoms with E-state index in [0.29, 0.717) is 5.92 Å². The number of hydrogen-bond acceptors (Lipinski definition) is 5. The third-order valence-corrected chi connectivity index (χ3v) is 5.60. The fourth-order valence-electron chi connectivity index (χ4n) is 3.13. The van der Waals surface area contributed by atoms with Crippen molar-refractivity contribution in [2.75, 3.05) is 11.9 Å². The van der Waals surface area contributed by atoms with Crippen LogP contribution in [0.1, 0.15) is 41.6 Å². The fourth-order valence-corrected chi connectivity index (χ4v) is 3.79. The van der Waals surface area contributed by atoms with Crippen molar-refractivity contribution in [3.63, 3.8) is 0 Å². The Balaban J connectivity index is 1.52. The van der Waals surface area contributed by atoms with Gasteiger partial charge in [0.1, 0.15) is 5.51 Å². The second-order valence-corrected chi connectivity index (χ2v) is 7.75. The summed E-state index contributed by atoms with van der Waals surface area (Å²) < 4.78 is 38.6. The predicted octanol–water partition coefficient (Wildman–Crippen LogP) is 4.61. The molecule has 2 N–H and O–H groups in total. The molecular weight excluding hydrogens is 401 g/mol. The molecular formula is C17H18ClF3N4OS. The van der Waals surface area contributed by atoms with Crippen LogP contribution in [0.5, 0.6) is 0 Å². The largest absolute Gasteiger partial charge is 0.416 e. The Morgan fingerprint density at radius 2 is 2.00 bits per heavy atom. The van der Waals surface area contributed by atoms with Crippen LogP contribution in [-0.2, 0) is 6.18 Å². The average Bonchev–Trinajstić information content (AvgIpc) is 3.14. The first-order chi connectivity index (χ1) is 12.8. The topological polar surface area (TPSA) is 66.9 Å². The summed E-state index contributed by atoms with van der Waals surface area (Å²) in [4.78, 5) is 12.4. The number of rotatable bonds is 5. The molecule has 10 heteroatoms. The molecule has 1 amide bonds. The highest BCUT2D eigenvalue weighted by atomic mass is 35.5. The number of hydrogen-bond donors (Lipinski definition) is 2. The summed E-state index contributed by atoms with van der Waals surface area (Å²) in [5.41, 5.74) is 0.628. The van der Waals surface area contributed by atoms with Gasteiger partial charge in [0.15, 0.2) is 0 Å². The van der Waals surface area contributed by atoms with Gasteiger partial charge in [-0.1, -0.05) is 22.9 Å². The van der Waals surface area contributed by atoms with Gasteiger partial charge >= 0.3 is 6.18 Å². The summed E-state index contributed by atoms with van der Waals surface area (Å²) >= 11 is 7.36. The van der Waals surface area contributed by atoms with Crippen molar-refractivity contribution >= 4 is 34.0 Å². The Labute approximate surface area is 163 Å². The minimum absolute atomic E-state index is 0.00967. The first-order valence-corrected chi connectivity index (χ1v) is 9.76. The Bertz CT molecular complexity index is 777. The summed E-state index contributed by atoms with van der Waals surface area (Å²) in [5.74, 6) is -0.110. The molecule has 1 aromatic heterocycles. The van der Waals surface area contributed by atoms with Crippen molar-refractivity contribution in [1.82, 2.24) is 15.5 Å². The lowest BCUT2D eigenvalue weighted by molar-refractivity contribution is -0.137. The van der Waals surface area contributed by atoms with E-state index in [1.807, 2.05) is 0 Å². The quantitative estimate of drug-likeness (QED) is 0.744. The minimum atomic E-state index is -4.52. The standard InChI is InChI=1S/C17H18ClF3N4OS/c18-14-6-3-11(17(19,20)21)7-13(14)15(26)24-12-4-1-10(2-5-12)8-22-16-25-23-9-27-16/h3,6-7,9-10,12H,1-2,4-5,8H2,(H,22,25)(H,24,26). The van der Waals surface area contributed by atoms with E-state index in [1.165, 1.54) is 11.3 Å². The van der Waals surface area contributed by atoms with Crippen LogP contribution in [0, 0.1) is 5.92 Å². The molecule has 3 rings (SSSR count). The van der Waals surface area contributed by atoms with E-state index in [9.17, 15) is 18.0 Å². The zero-order valence-corrected chi connectivity index (χ0v) is 15.8. The number of amides is 1. The second kappa shape index (κ2) is 8.43. The van der Waals surface area contributed by atoms with Crippen LogP contribution in [0.25, 0.3) is 0 Å². The van der Waals surface area contributed by atoms with E-state index < -0.39 is 17.6 Å². The van der Waals surface area contributed by atoms with Crippen molar-refractivity contribution in [3.8, 4) is 0 Å². The first-order valence-electron chi connectivity index (χ1n) is 8.50. The van der Waals surface area contributed by atoms with E-state index in [4.69, 9.17) is 11.6 Å². The molecule has 0 radical (unpaired) electrons. The van der Waals surface area contributed by atoms with Gasteiger partial charge in [0.25, 0.3) is 5.91 Å². The Morgan fingerprint density at radius 1 is 1.26 bits per heavy atom. The van der Waals surface area contributed by atoms with E-state index in [2.05, 4.69) is 20.8 Å². The number of aromatic nitrogens is 2. The molecule has 1 aliphatic carbocycles. The molecule has 1 fully saturated rings. The van der Waals surface area contributed by atoms with Crippen LogP contribution in [0.3, 0.4) is 0 Å². The number of nitrogens with one attached hydrogen (secondary N) is 2. The average molecular weight is 419 g/mol. The Hall–Kier alpha value is -1.87. The van der Waals surface area contributed by atoms with Gasteiger partial charge in [-0.2, -0.15) is 13.2 Å². The second-order valence-electron chi connectivity index (χ2n) is 6.51. The van der Waals surface area contributed by atoms with Gasteiger partial charge in [0.05, 0.1) is 16.1 Å². The predicted molar refractivity (Wildman–Crippen MR) is 98.1 cm³/mol. The van der Waals surface area contributed by atoms with Crippen molar-refractivity contribution in [2.45, 2.75) is 37.9 Å². The summed E-state index contributed by atoms with van der Waals surface area (Å²) in [5, 5.41) is 14.5. The summed E-state index contributed by atoms with van der Waals surface area (Å²) in [6.45, 7) is 0.787. The number of nitrogens with zero attached hydrogens (tertiary/aromatic N) is 2. The SMILES string of the molecule is O=C(NC1CCC(CNc2nncs2)CC1)c1cc(C(F)(F)F)ccc1Cl. The molecule has 5 nitrogen and oxygen atoms in total. The zero-order valence-electron chi connectivity index (χ0n) is 14.2. The lowest BCUT2D eigenvalue weighted by Gasteiger charge is -2.29. The fraction of sp³-hybridized carbons (Fsp3) is 0.471. The molecule has 0 unspecified atom stereocenters. The molecule has 1 aliphatic rings. The van der Waals surface area contributed by atoms with Crippen LogP contribution in [-0.4, -0.2) is 28.7 Å². The van der Waals surface area contributed by atoms with Crippen molar-refractivity contribution in [3.05, 3.63) is 39.9 Å². The normalized spacial score (nSPS) is 20.3. The third kappa shape index (κ3) is 5.32. The molecule has 1 aromatic carbocycles. The van der Waals surface area contributed by atoms with Gasteiger partial charge in [0.2, 0.25) is 5.13 Å². The monoisotopic (exact) mass is 418 g/mol. The number of anilines is 1. The van der Waals surface area contributed by atoms with Crippen molar-refractivity contribution < 1.29 is 18.0 Å². The van der Waals surface area contributed by atoms with Gasteiger partial charge < -0.3 is 10.6 Å². The molecule has 0 saturated heterocycles. The van der Waals surface area contributed by atoms with Gasteiger partial charge in [-0.15, -0.1) is 10.2 Å². The maximum absolute atomic E-state index is 12.9. The molecule has 0 spiro atoms. The number of halogens is 4. The zero-order chi connectivity index (χ0) is 19.4. The lowest BCUT2D eigenvalue weighted by atomic mass is 9.86. The molecule has 146 valence electrons. The Kier molecular flexibility index (Phi) is 6.21. The maximum Gasteiger partial charge on any atom is 0.416 e. The molecule has 0 atom stereocenters. The Morgan fingerprint density at radius 3 is 2.63 bits per heavy atom. The summed E-state index contributed by atoms with van der Waals surface area (Å²) in [6.07, 6.45) is -1.16. The van der Waals surface area contributed by atoms with Gasteiger partial charge in [-0.25, -0.2) is 0 Å². The molecule has 1 saturated carbocycles. The van der Waals surface area contributed by atoms with Crippen LogP contribution >= 0.6 is 22.9 Å². The highest BCUT2D eigenvalue weighted by Gasteiger charge is 2.32. The number of carbonyl (C=O) groups excluding carboxylic acids is 1. The molecule has 0 bridgehead atoms. The van der Waals surface area contributed by atoms with Gasteiger partial charge in [0, 0.05) is 12.6 Å². The summed E-state index contributed by atoms with van der Waals surface area (Å²) in [7, 11) is 0. The third-order valence-electron chi connectivity index (χ3n) is 4.62. The van der Waals surface area contributed by atoms with Crippen LogP contribution in [0.2, 0.25) is 5.02 Å². The number of alkyl halides is 3. The lowest BCUT2D eigenvalue weighted by Crippen LogP contribution is -2.38. The molecule has 1 heterocycles. The molecule has 27 heavy (non-hydrogen) atoms. The highest BCUT2D eigenvalue weighted by molar-refractivity contribution is 7.13. The van der Waals surface area contributed by atoms with Crippen LogP contribution < -0.4 is 10.6 Å². The van der Waals surface area contributed by atoms with Gasteiger partial charge in [-0.3, -0.25) is 4.79 Å². The number of benzene rings is 1. The van der Waals surface area contributed by atoms with E-state index in [0.717, 1.165) is 55.6 Å². The highest BCUT2D eigenvalue weighted by Crippen LogP contribution is 2.32.